The van der Waals surface area contributed by atoms with Crippen LogP contribution in [0.25, 0.3) is 0 Å². The molecule has 1 saturated carbocycles. The second-order valence-corrected chi connectivity index (χ2v) is 4.79. The van der Waals surface area contributed by atoms with Gasteiger partial charge in [-0.2, -0.15) is 0 Å². The van der Waals surface area contributed by atoms with Crippen molar-refractivity contribution in [3.63, 3.8) is 0 Å². The molecule has 3 nitrogen and oxygen atoms in total. The standard InChI is InChI=1S/C12H21NO2/c1-2-12(7-3-4-8-12)11(14)13-9-5-6-10-15-13/h2-10H2,1H3. The van der Waals surface area contributed by atoms with Crippen LogP contribution < -0.4 is 0 Å². The highest BCUT2D eigenvalue weighted by Gasteiger charge is 2.42. The predicted molar refractivity (Wildman–Crippen MR) is 58.1 cm³/mol. The highest BCUT2D eigenvalue weighted by Crippen LogP contribution is 2.42. The fraction of sp³-hybridized carbons (Fsp3) is 0.917. The van der Waals surface area contributed by atoms with Gasteiger partial charge < -0.3 is 0 Å². The number of rotatable bonds is 2. The van der Waals surface area contributed by atoms with Crippen molar-refractivity contribution in [3.8, 4) is 0 Å². The molecule has 1 saturated heterocycles. The topological polar surface area (TPSA) is 29.5 Å². The van der Waals surface area contributed by atoms with Crippen molar-refractivity contribution >= 4 is 5.91 Å². The van der Waals surface area contributed by atoms with Crippen LogP contribution in [-0.2, 0) is 9.63 Å². The average Bonchev–Trinajstić information content (AvgIpc) is 2.79. The first-order chi connectivity index (χ1) is 7.28. The number of nitrogens with zero attached hydrogens (tertiary/aromatic N) is 1. The fourth-order valence-corrected chi connectivity index (χ4v) is 2.79. The summed E-state index contributed by atoms with van der Waals surface area (Å²) in [4.78, 5) is 17.8. The second kappa shape index (κ2) is 4.52. The minimum Gasteiger partial charge on any atom is -0.272 e. The zero-order chi connectivity index (χ0) is 10.7. The molecule has 0 spiro atoms. The molecule has 0 unspecified atom stereocenters. The molecule has 1 aliphatic carbocycles. The summed E-state index contributed by atoms with van der Waals surface area (Å²) in [6, 6.07) is 0. The molecule has 0 aromatic carbocycles. The van der Waals surface area contributed by atoms with Crippen LogP contribution in [-0.4, -0.2) is 24.1 Å². The van der Waals surface area contributed by atoms with Gasteiger partial charge in [0.25, 0.3) is 5.91 Å². The molecule has 86 valence electrons. The monoisotopic (exact) mass is 211 g/mol. The molecule has 0 radical (unpaired) electrons. The van der Waals surface area contributed by atoms with E-state index in [9.17, 15) is 4.79 Å². The summed E-state index contributed by atoms with van der Waals surface area (Å²) < 4.78 is 0. The molecule has 2 aliphatic rings. The molecule has 15 heavy (non-hydrogen) atoms. The van der Waals surface area contributed by atoms with Gasteiger partial charge in [0.15, 0.2) is 0 Å². The summed E-state index contributed by atoms with van der Waals surface area (Å²) >= 11 is 0. The highest BCUT2D eigenvalue weighted by molar-refractivity contribution is 5.82. The quantitative estimate of drug-likeness (QED) is 0.702. The zero-order valence-electron chi connectivity index (χ0n) is 9.63. The summed E-state index contributed by atoms with van der Waals surface area (Å²) in [6.45, 7) is 3.64. The lowest BCUT2D eigenvalue weighted by Gasteiger charge is -2.34. The maximum absolute atomic E-state index is 12.4. The van der Waals surface area contributed by atoms with E-state index in [1.165, 1.54) is 12.8 Å². The molecular weight excluding hydrogens is 190 g/mol. The summed E-state index contributed by atoms with van der Waals surface area (Å²) in [5.41, 5.74) is -0.0860. The van der Waals surface area contributed by atoms with Crippen LogP contribution in [0, 0.1) is 5.41 Å². The van der Waals surface area contributed by atoms with Crippen LogP contribution in [0.15, 0.2) is 0 Å². The maximum Gasteiger partial charge on any atom is 0.252 e. The van der Waals surface area contributed by atoms with E-state index in [-0.39, 0.29) is 11.3 Å². The Balaban J connectivity index is 2.03. The smallest absolute Gasteiger partial charge is 0.252 e. The van der Waals surface area contributed by atoms with Crippen molar-refractivity contribution in [3.05, 3.63) is 0 Å². The largest absolute Gasteiger partial charge is 0.272 e. The number of carbonyl (C=O) groups excluding carboxylic acids is 1. The zero-order valence-corrected chi connectivity index (χ0v) is 9.63. The first-order valence-corrected chi connectivity index (χ1v) is 6.23. The van der Waals surface area contributed by atoms with Crippen LogP contribution in [0.4, 0.5) is 0 Å². The molecule has 0 aromatic heterocycles. The van der Waals surface area contributed by atoms with E-state index in [0.29, 0.717) is 6.61 Å². The lowest BCUT2D eigenvalue weighted by molar-refractivity contribution is -0.207. The van der Waals surface area contributed by atoms with Gasteiger partial charge in [-0.3, -0.25) is 9.63 Å². The Bertz CT molecular complexity index is 228. The van der Waals surface area contributed by atoms with Gasteiger partial charge in [-0.05, 0) is 32.1 Å². The summed E-state index contributed by atoms with van der Waals surface area (Å²) in [6.07, 6.45) is 7.66. The van der Waals surface area contributed by atoms with Crippen molar-refractivity contribution in [2.24, 2.45) is 5.41 Å². The average molecular weight is 211 g/mol. The second-order valence-electron chi connectivity index (χ2n) is 4.79. The summed E-state index contributed by atoms with van der Waals surface area (Å²) in [5.74, 6) is 0.252. The van der Waals surface area contributed by atoms with Crippen molar-refractivity contribution in [1.82, 2.24) is 5.06 Å². The number of hydrogen-bond donors (Lipinski definition) is 0. The van der Waals surface area contributed by atoms with Crippen molar-refractivity contribution in [2.45, 2.75) is 51.9 Å². The van der Waals surface area contributed by atoms with Gasteiger partial charge in [0.1, 0.15) is 0 Å². The van der Waals surface area contributed by atoms with Gasteiger partial charge in [-0.25, -0.2) is 5.06 Å². The van der Waals surface area contributed by atoms with E-state index in [4.69, 9.17) is 4.84 Å². The highest BCUT2D eigenvalue weighted by atomic mass is 16.7. The molecule has 2 fully saturated rings. The van der Waals surface area contributed by atoms with E-state index in [1.54, 1.807) is 5.06 Å². The number of hydroxylamine groups is 2. The Kier molecular flexibility index (Phi) is 3.29. The van der Waals surface area contributed by atoms with Crippen LogP contribution in [0.2, 0.25) is 0 Å². The Morgan fingerprint density at radius 1 is 1.27 bits per heavy atom. The third-order valence-electron chi connectivity index (χ3n) is 3.92. The van der Waals surface area contributed by atoms with E-state index in [1.807, 2.05) is 0 Å². The van der Waals surface area contributed by atoms with Crippen LogP contribution in [0.3, 0.4) is 0 Å². The van der Waals surface area contributed by atoms with Gasteiger partial charge in [0, 0.05) is 6.54 Å². The molecule has 0 bridgehead atoms. The van der Waals surface area contributed by atoms with E-state index in [2.05, 4.69) is 6.92 Å². The summed E-state index contributed by atoms with van der Waals surface area (Å²) in [7, 11) is 0. The van der Waals surface area contributed by atoms with Crippen molar-refractivity contribution in [1.29, 1.82) is 0 Å². The van der Waals surface area contributed by atoms with Gasteiger partial charge >= 0.3 is 0 Å². The van der Waals surface area contributed by atoms with Crippen molar-refractivity contribution < 1.29 is 9.63 Å². The van der Waals surface area contributed by atoms with E-state index in [0.717, 1.165) is 38.6 Å². The van der Waals surface area contributed by atoms with E-state index < -0.39 is 0 Å². The molecule has 0 aromatic rings. The molecule has 3 heteroatoms. The van der Waals surface area contributed by atoms with Crippen molar-refractivity contribution in [2.75, 3.05) is 13.2 Å². The first-order valence-electron chi connectivity index (χ1n) is 6.23. The lowest BCUT2D eigenvalue weighted by atomic mass is 9.82. The van der Waals surface area contributed by atoms with Crippen LogP contribution in [0.5, 0.6) is 0 Å². The van der Waals surface area contributed by atoms with Gasteiger partial charge in [0.05, 0.1) is 12.0 Å². The normalized spacial score (nSPS) is 25.5. The van der Waals surface area contributed by atoms with Crippen LogP contribution in [0.1, 0.15) is 51.9 Å². The first kappa shape index (κ1) is 10.9. The Morgan fingerprint density at radius 3 is 2.53 bits per heavy atom. The molecule has 1 aliphatic heterocycles. The van der Waals surface area contributed by atoms with Gasteiger partial charge in [-0.1, -0.05) is 19.8 Å². The van der Waals surface area contributed by atoms with E-state index >= 15 is 0 Å². The summed E-state index contributed by atoms with van der Waals surface area (Å²) in [5, 5.41) is 1.64. The Labute approximate surface area is 91.7 Å². The molecule has 0 atom stereocenters. The maximum atomic E-state index is 12.4. The molecule has 1 heterocycles. The lowest BCUT2D eigenvalue weighted by Crippen LogP contribution is -2.44. The third-order valence-corrected chi connectivity index (χ3v) is 3.92. The molecule has 1 amide bonds. The SMILES string of the molecule is CCC1(C(=O)N2CCCCO2)CCCC1. The number of hydrogen-bond acceptors (Lipinski definition) is 2. The van der Waals surface area contributed by atoms with Gasteiger partial charge in [-0.15, -0.1) is 0 Å². The number of amides is 1. The van der Waals surface area contributed by atoms with Gasteiger partial charge in [0.2, 0.25) is 0 Å². The fourth-order valence-electron chi connectivity index (χ4n) is 2.79. The number of carbonyl (C=O) groups is 1. The third kappa shape index (κ3) is 2.03. The Morgan fingerprint density at radius 2 is 2.00 bits per heavy atom. The minimum atomic E-state index is -0.0860. The predicted octanol–water partition coefficient (Wildman–Crippen LogP) is 2.51. The molecule has 2 rings (SSSR count). The minimum absolute atomic E-state index is 0.0860. The van der Waals surface area contributed by atoms with Crippen LogP contribution >= 0.6 is 0 Å². The Hall–Kier alpha value is -0.570. The molecular formula is C12H21NO2. The molecule has 0 N–H and O–H groups in total.